The molecule has 0 aliphatic carbocycles. The summed E-state index contributed by atoms with van der Waals surface area (Å²) in [5.41, 5.74) is 1.85. The molecule has 0 radical (unpaired) electrons. The highest BCUT2D eigenvalue weighted by Crippen LogP contribution is 2.37. The van der Waals surface area contributed by atoms with Gasteiger partial charge in [-0.05, 0) is 32.4 Å². The molecule has 5 nitrogen and oxygen atoms in total. The molecule has 3 heterocycles. The summed E-state index contributed by atoms with van der Waals surface area (Å²) in [7, 11) is 0. The van der Waals surface area contributed by atoms with Crippen LogP contribution in [-0.4, -0.2) is 28.2 Å². The van der Waals surface area contributed by atoms with Crippen molar-refractivity contribution in [3.63, 3.8) is 0 Å². The summed E-state index contributed by atoms with van der Waals surface area (Å²) >= 11 is 1.54. The minimum atomic E-state index is 0.0654. The maximum Gasteiger partial charge on any atom is 0.233 e. The molecule has 6 heteroatoms. The van der Waals surface area contributed by atoms with Crippen molar-refractivity contribution in [3.05, 3.63) is 17.6 Å². The van der Waals surface area contributed by atoms with Gasteiger partial charge in [0.05, 0.1) is 15.8 Å². The van der Waals surface area contributed by atoms with Crippen LogP contribution in [0.3, 0.4) is 0 Å². The normalized spacial score (nSPS) is 18.6. The third kappa shape index (κ3) is 2.42. The largest absolute Gasteiger partial charge is 0.338 e. The zero-order chi connectivity index (χ0) is 13.1. The van der Waals surface area contributed by atoms with Gasteiger partial charge in [0, 0.05) is 6.20 Å². The summed E-state index contributed by atoms with van der Waals surface area (Å²) < 4.78 is 5.57. The number of hydrogen-bond acceptors (Lipinski definition) is 6. The Balaban J connectivity index is 1.90. The molecule has 0 saturated carbocycles. The highest BCUT2D eigenvalue weighted by atomic mass is 32.1. The number of hydrogen-bond donors (Lipinski definition) is 1. The quantitative estimate of drug-likeness (QED) is 0.931. The molecule has 19 heavy (non-hydrogen) atoms. The topological polar surface area (TPSA) is 63.8 Å². The Hall–Kier alpha value is -1.27. The van der Waals surface area contributed by atoms with Crippen LogP contribution in [0.2, 0.25) is 0 Å². The van der Waals surface area contributed by atoms with Gasteiger partial charge in [-0.15, -0.1) is 11.3 Å². The standard InChI is InChI=1S/C13H18N4OS/c1-2-3-13(4-6-14-7-5-13)12-16-11(17-18-12)10-8-15-9-19-10/h8-9,14H,2-7H2,1H3. The Morgan fingerprint density at radius 1 is 1.42 bits per heavy atom. The first-order valence-corrected chi connectivity index (χ1v) is 7.66. The van der Waals surface area contributed by atoms with Crippen molar-refractivity contribution in [2.45, 2.75) is 38.0 Å². The van der Waals surface area contributed by atoms with Crippen molar-refractivity contribution in [1.29, 1.82) is 0 Å². The second-order valence-electron chi connectivity index (χ2n) is 5.07. The van der Waals surface area contributed by atoms with Gasteiger partial charge in [0.1, 0.15) is 0 Å². The van der Waals surface area contributed by atoms with E-state index in [1.807, 2.05) is 0 Å². The summed E-state index contributed by atoms with van der Waals surface area (Å²) in [6, 6.07) is 0. The number of nitrogens with one attached hydrogen (secondary N) is 1. The Kier molecular flexibility index (Phi) is 3.61. The van der Waals surface area contributed by atoms with E-state index in [9.17, 15) is 0 Å². The molecular weight excluding hydrogens is 260 g/mol. The van der Waals surface area contributed by atoms with E-state index in [1.54, 1.807) is 11.7 Å². The Morgan fingerprint density at radius 2 is 2.26 bits per heavy atom. The first kappa shape index (κ1) is 12.7. The van der Waals surface area contributed by atoms with E-state index in [0.29, 0.717) is 5.82 Å². The van der Waals surface area contributed by atoms with Crippen LogP contribution in [0.15, 0.2) is 16.2 Å². The minimum absolute atomic E-state index is 0.0654. The van der Waals surface area contributed by atoms with Crippen LogP contribution < -0.4 is 5.32 Å². The molecule has 1 aliphatic heterocycles. The van der Waals surface area contributed by atoms with E-state index in [4.69, 9.17) is 4.52 Å². The van der Waals surface area contributed by atoms with Gasteiger partial charge in [0.2, 0.25) is 11.7 Å². The molecule has 1 fully saturated rings. The second kappa shape index (κ2) is 5.38. The van der Waals surface area contributed by atoms with E-state index in [0.717, 1.165) is 49.5 Å². The average Bonchev–Trinajstić information content (AvgIpc) is 3.11. The molecule has 2 aromatic rings. The third-order valence-electron chi connectivity index (χ3n) is 3.82. The van der Waals surface area contributed by atoms with Crippen molar-refractivity contribution < 1.29 is 4.52 Å². The zero-order valence-corrected chi connectivity index (χ0v) is 11.9. The smallest absolute Gasteiger partial charge is 0.233 e. The van der Waals surface area contributed by atoms with Gasteiger partial charge in [0.25, 0.3) is 0 Å². The fraction of sp³-hybridized carbons (Fsp3) is 0.615. The molecule has 102 valence electrons. The average molecular weight is 278 g/mol. The summed E-state index contributed by atoms with van der Waals surface area (Å²) in [5, 5.41) is 7.53. The molecule has 0 aromatic carbocycles. The fourth-order valence-corrected chi connectivity index (χ4v) is 3.37. The zero-order valence-electron chi connectivity index (χ0n) is 11.1. The predicted molar refractivity (Wildman–Crippen MR) is 74.1 cm³/mol. The lowest BCUT2D eigenvalue weighted by molar-refractivity contribution is 0.208. The summed E-state index contributed by atoms with van der Waals surface area (Å²) in [6.07, 6.45) is 6.18. The molecular formula is C13H18N4OS. The van der Waals surface area contributed by atoms with Crippen molar-refractivity contribution >= 4 is 11.3 Å². The SMILES string of the molecule is CCCC1(c2nc(-c3cncs3)no2)CCNCC1. The molecule has 3 rings (SSSR count). The van der Waals surface area contributed by atoms with E-state index in [-0.39, 0.29) is 5.41 Å². The van der Waals surface area contributed by atoms with Gasteiger partial charge in [0.15, 0.2) is 0 Å². The lowest BCUT2D eigenvalue weighted by atomic mass is 9.75. The molecule has 0 atom stereocenters. The molecule has 2 aromatic heterocycles. The van der Waals surface area contributed by atoms with Gasteiger partial charge in [-0.1, -0.05) is 18.5 Å². The summed E-state index contributed by atoms with van der Waals surface area (Å²) in [5.74, 6) is 1.48. The monoisotopic (exact) mass is 278 g/mol. The lowest BCUT2D eigenvalue weighted by Gasteiger charge is -2.34. The Bertz CT molecular complexity index is 511. The van der Waals surface area contributed by atoms with Crippen molar-refractivity contribution in [1.82, 2.24) is 20.4 Å². The van der Waals surface area contributed by atoms with Crippen LogP contribution in [0.1, 0.15) is 38.5 Å². The Morgan fingerprint density at radius 3 is 2.95 bits per heavy atom. The van der Waals surface area contributed by atoms with Crippen LogP contribution in [-0.2, 0) is 5.41 Å². The molecule has 0 spiro atoms. The third-order valence-corrected chi connectivity index (χ3v) is 4.59. The van der Waals surface area contributed by atoms with Crippen molar-refractivity contribution in [2.24, 2.45) is 0 Å². The maximum atomic E-state index is 5.57. The predicted octanol–water partition coefficient (Wildman–Crippen LogP) is 2.61. The summed E-state index contributed by atoms with van der Waals surface area (Å²) in [6.45, 7) is 4.26. The maximum absolute atomic E-state index is 5.57. The van der Waals surface area contributed by atoms with E-state index < -0.39 is 0 Å². The van der Waals surface area contributed by atoms with E-state index in [1.165, 1.54) is 11.3 Å². The number of aromatic nitrogens is 3. The second-order valence-corrected chi connectivity index (χ2v) is 5.96. The minimum Gasteiger partial charge on any atom is -0.338 e. The van der Waals surface area contributed by atoms with E-state index in [2.05, 4.69) is 27.4 Å². The number of nitrogens with zero attached hydrogens (tertiary/aromatic N) is 3. The molecule has 0 unspecified atom stereocenters. The number of rotatable bonds is 4. The number of piperidine rings is 1. The highest BCUT2D eigenvalue weighted by Gasteiger charge is 2.38. The first-order valence-electron chi connectivity index (χ1n) is 6.78. The van der Waals surface area contributed by atoms with Gasteiger partial charge in [-0.2, -0.15) is 4.98 Å². The summed E-state index contributed by atoms with van der Waals surface area (Å²) in [4.78, 5) is 9.66. The molecule has 0 amide bonds. The van der Waals surface area contributed by atoms with Gasteiger partial charge in [-0.25, -0.2) is 0 Å². The van der Waals surface area contributed by atoms with Gasteiger partial charge in [-0.3, -0.25) is 4.98 Å². The van der Waals surface area contributed by atoms with Crippen molar-refractivity contribution in [2.75, 3.05) is 13.1 Å². The fourth-order valence-electron chi connectivity index (χ4n) is 2.82. The Labute approximate surface area is 116 Å². The van der Waals surface area contributed by atoms with Crippen LogP contribution in [0.5, 0.6) is 0 Å². The van der Waals surface area contributed by atoms with E-state index >= 15 is 0 Å². The first-order chi connectivity index (χ1) is 9.34. The molecule has 0 bridgehead atoms. The molecule has 1 aliphatic rings. The van der Waals surface area contributed by atoms with Crippen LogP contribution >= 0.6 is 11.3 Å². The van der Waals surface area contributed by atoms with Crippen molar-refractivity contribution in [3.8, 4) is 10.7 Å². The molecule has 1 N–H and O–H groups in total. The number of thiazole rings is 1. The van der Waals surface area contributed by atoms with Gasteiger partial charge >= 0.3 is 0 Å². The highest BCUT2D eigenvalue weighted by molar-refractivity contribution is 7.13. The van der Waals surface area contributed by atoms with Crippen LogP contribution in [0, 0.1) is 0 Å². The van der Waals surface area contributed by atoms with Crippen LogP contribution in [0.25, 0.3) is 10.7 Å². The van der Waals surface area contributed by atoms with Crippen LogP contribution in [0.4, 0.5) is 0 Å². The lowest BCUT2D eigenvalue weighted by Crippen LogP contribution is -2.40. The molecule has 1 saturated heterocycles. The van der Waals surface area contributed by atoms with Gasteiger partial charge < -0.3 is 9.84 Å².